The van der Waals surface area contributed by atoms with Crippen LogP contribution in [0.25, 0.3) is 0 Å². The zero-order valence-electron chi connectivity index (χ0n) is 26.4. The molecule has 8 nitrogen and oxygen atoms in total. The highest BCUT2D eigenvalue weighted by molar-refractivity contribution is 7.99. The van der Waals surface area contributed by atoms with E-state index in [1.54, 1.807) is 0 Å². The Morgan fingerprint density at radius 2 is 1.15 bits per heavy atom. The first-order chi connectivity index (χ1) is 23.0. The predicted molar refractivity (Wildman–Crippen MR) is 181 cm³/mol. The average molecular weight is 677 g/mol. The Balaban J connectivity index is 1.33. The van der Waals surface area contributed by atoms with Gasteiger partial charge in [-0.2, -0.15) is 0 Å². The molecule has 0 radical (unpaired) electrons. The third-order valence-electron chi connectivity index (χ3n) is 7.84. The van der Waals surface area contributed by atoms with Gasteiger partial charge in [0.05, 0.1) is 39.6 Å². The predicted octanol–water partition coefficient (Wildman–Crippen LogP) is 8.07. The lowest BCUT2D eigenvalue weighted by Gasteiger charge is -2.46. The molecular weight excluding hydrogens is 635 g/mol. The van der Waals surface area contributed by atoms with Crippen LogP contribution in [0.15, 0.2) is 126 Å². The standard InChI is InChI=1S/C37H41O8PS/c1-28-22-42-46(38,43-23-28)45-36-35(41-26-31-18-10-4-11-19-31)34(40-25-30-16-8-3-9-17-30)33(27-39-24-29-14-6-2-7-15-29)44-37(36)47-32-20-12-5-13-21-32/h2-21,28,33-37H,22-27H2,1H3. The Morgan fingerprint density at radius 1 is 0.660 bits per heavy atom. The van der Waals surface area contributed by atoms with Gasteiger partial charge in [-0.1, -0.05) is 128 Å². The summed E-state index contributed by atoms with van der Waals surface area (Å²) in [7, 11) is -3.94. The number of phosphoric ester groups is 1. The van der Waals surface area contributed by atoms with Gasteiger partial charge in [0.15, 0.2) is 0 Å². The van der Waals surface area contributed by atoms with Crippen LogP contribution in [0.2, 0.25) is 0 Å². The maximum absolute atomic E-state index is 13.9. The first-order valence-corrected chi connectivity index (χ1v) is 18.3. The van der Waals surface area contributed by atoms with Crippen LogP contribution >= 0.6 is 19.6 Å². The van der Waals surface area contributed by atoms with Gasteiger partial charge < -0.3 is 18.9 Å². The topological polar surface area (TPSA) is 81.7 Å². The lowest BCUT2D eigenvalue weighted by molar-refractivity contribution is -0.241. The fraction of sp³-hybridized carbons (Fsp3) is 0.351. The average Bonchev–Trinajstić information content (AvgIpc) is 3.11. The summed E-state index contributed by atoms with van der Waals surface area (Å²) < 4.78 is 58.2. The van der Waals surface area contributed by atoms with E-state index in [0.717, 1.165) is 21.6 Å². The fourth-order valence-electron chi connectivity index (χ4n) is 5.38. The van der Waals surface area contributed by atoms with Crippen molar-refractivity contribution in [3.05, 3.63) is 138 Å². The molecule has 2 heterocycles. The fourth-order valence-corrected chi connectivity index (χ4v) is 8.18. The molecular formula is C37H41O8PS. The maximum Gasteiger partial charge on any atom is 0.475 e. The van der Waals surface area contributed by atoms with Gasteiger partial charge in [-0.25, -0.2) is 4.57 Å². The highest BCUT2D eigenvalue weighted by atomic mass is 32.2. The molecule has 0 saturated carbocycles. The highest BCUT2D eigenvalue weighted by Crippen LogP contribution is 2.56. The Bertz CT molecular complexity index is 1520. The minimum atomic E-state index is -3.94. The van der Waals surface area contributed by atoms with Gasteiger partial charge in [0.1, 0.15) is 29.9 Å². The van der Waals surface area contributed by atoms with Crippen LogP contribution in [-0.4, -0.2) is 49.7 Å². The van der Waals surface area contributed by atoms with Crippen LogP contribution in [-0.2, 0) is 56.9 Å². The summed E-state index contributed by atoms with van der Waals surface area (Å²) in [5.74, 6) is 0.0935. The van der Waals surface area contributed by atoms with Crippen molar-refractivity contribution in [2.24, 2.45) is 5.92 Å². The summed E-state index contributed by atoms with van der Waals surface area (Å²) >= 11 is 1.47. The molecule has 0 bridgehead atoms. The van der Waals surface area contributed by atoms with Gasteiger partial charge >= 0.3 is 7.82 Å². The Hall–Kier alpha value is -2.82. The van der Waals surface area contributed by atoms with E-state index in [1.165, 1.54) is 11.8 Å². The van der Waals surface area contributed by atoms with Crippen molar-refractivity contribution in [2.75, 3.05) is 19.8 Å². The molecule has 248 valence electrons. The molecule has 5 unspecified atom stereocenters. The minimum absolute atomic E-state index is 0.0935. The SMILES string of the molecule is CC1COP(=O)(OC2C(Sc3ccccc3)OC(COCc3ccccc3)C(OCc3ccccc3)C2OCc2ccccc2)OC1. The largest absolute Gasteiger partial charge is 0.475 e. The van der Waals surface area contributed by atoms with E-state index in [9.17, 15) is 4.57 Å². The number of thioether (sulfide) groups is 1. The number of phosphoric acid groups is 1. The second-order valence-electron chi connectivity index (χ2n) is 11.7. The zero-order chi connectivity index (χ0) is 32.3. The van der Waals surface area contributed by atoms with Crippen molar-refractivity contribution in [1.82, 2.24) is 0 Å². The number of rotatable bonds is 14. The molecule has 6 rings (SSSR count). The smallest absolute Gasteiger partial charge is 0.374 e. The lowest BCUT2D eigenvalue weighted by atomic mass is 9.99. The molecule has 4 aromatic rings. The van der Waals surface area contributed by atoms with Gasteiger partial charge in [-0.15, -0.1) is 0 Å². The normalized spacial score (nSPS) is 27.8. The zero-order valence-corrected chi connectivity index (χ0v) is 28.1. The van der Waals surface area contributed by atoms with E-state index in [1.807, 2.05) is 128 Å². The maximum atomic E-state index is 13.9. The molecule has 0 amide bonds. The van der Waals surface area contributed by atoms with E-state index in [4.69, 9.17) is 32.5 Å². The van der Waals surface area contributed by atoms with Crippen molar-refractivity contribution in [3.8, 4) is 0 Å². The van der Waals surface area contributed by atoms with E-state index in [0.29, 0.717) is 13.2 Å². The first-order valence-electron chi connectivity index (χ1n) is 15.9. The number of benzene rings is 4. The van der Waals surface area contributed by atoms with Crippen LogP contribution in [0, 0.1) is 5.92 Å². The van der Waals surface area contributed by atoms with E-state index in [-0.39, 0.29) is 32.3 Å². The number of ether oxygens (including phenoxy) is 4. The highest BCUT2D eigenvalue weighted by Gasteiger charge is 2.52. The van der Waals surface area contributed by atoms with Crippen LogP contribution in [0.1, 0.15) is 23.6 Å². The molecule has 2 aliphatic rings. The number of hydrogen-bond acceptors (Lipinski definition) is 9. The third kappa shape index (κ3) is 9.86. The van der Waals surface area contributed by atoms with E-state index in [2.05, 4.69) is 0 Å². The minimum Gasteiger partial charge on any atom is -0.374 e. The van der Waals surface area contributed by atoms with Crippen LogP contribution in [0.5, 0.6) is 0 Å². The Morgan fingerprint density at radius 3 is 1.70 bits per heavy atom. The number of hydrogen-bond donors (Lipinski definition) is 0. The summed E-state index contributed by atoms with van der Waals surface area (Å²) in [6.45, 7) is 3.73. The summed E-state index contributed by atoms with van der Waals surface area (Å²) in [6.07, 6.45) is -2.80. The molecule has 2 fully saturated rings. The molecule has 0 N–H and O–H groups in total. The van der Waals surface area contributed by atoms with Gasteiger partial charge in [-0.05, 0) is 28.8 Å². The van der Waals surface area contributed by atoms with Crippen molar-refractivity contribution in [3.63, 3.8) is 0 Å². The van der Waals surface area contributed by atoms with Crippen LogP contribution < -0.4 is 0 Å². The van der Waals surface area contributed by atoms with Gasteiger partial charge in [0, 0.05) is 10.8 Å². The lowest BCUT2D eigenvalue weighted by Crippen LogP contribution is -2.60. The van der Waals surface area contributed by atoms with Crippen LogP contribution in [0.4, 0.5) is 0 Å². The van der Waals surface area contributed by atoms with Gasteiger partial charge in [0.2, 0.25) is 0 Å². The van der Waals surface area contributed by atoms with Crippen molar-refractivity contribution >= 4 is 19.6 Å². The van der Waals surface area contributed by atoms with Crippen molar-refractivity contribution in [1.29, 1.82) is 0 Å². The summed E-state index contributed by atoms with van der Waals surface area (Å²) in [4.78, 5) is 0.956. The molecule has 4 aromatic carbocycles. The molecule has 47 heavy (non-hydrogen) atoms. The molecule has 0 spiro atoms. The van der Waals surface area contributed by atoms with Crippen molar-refractivity contribution in [2.45, 2.75) is 61.5 Å². The Labute approximate surface area is 281 Å². The van der Waals surface area contributed by atoms with E-state index < -0.39 is 37.7 Å². The molecule has 2 aliphatic heterocycles. The molecule has 0 aromatic heterocycles. The Kier molecular flexibility index (Phi) is 12.3. The second kappa shape index (κ2) is 17.0. The van der Waals surface area contributed by atoms with Crippen molar-refractivity contribution < 1.29 is 37.1 Å². The molecule has 10 heteroatoms. The third-order valence-corrected chi connectivity index (χ3v) is 10.4. The molecule has 0 aliphatic carbocycles. The van der Waals surface area contributed by atoms with E-state index >= 15 is 0 Å². The first kappa shape index (κ1) is 34.1. The van der Waals surface area contributed by atoms with Crippen LogP contribution in [0.3, 0.4) is 0 Å². The molecule has 5 atom stereocenters. The monoisotopic (exact) mass is 676 g/mol. The summed E-state index contributed by atoms with van der Waals surface area (Å²) in [5, 5.41) is 0. The summed E-state index contributed by atoms with van der Waals surface area (Å²) in [6, 6.07) is 39.7. The second-order valence-corrected chi connectivity index (χ2v) is 14.5. The summed E-state index contributed by atoms with van der Waals surface area (Å²) in [5.41, 5.74) is 2.38. The van der Waals surface area contributed by atoms with Gasteiger partial charge in [-0.3, -0.25) is 13.6 Å². The quantitative estimate of drug-likeness (QED) is 0.123. The molecule has 2 saturated heterocycles. The van der Waals surface area contributed by atoms with Gasteiger partial charge in [0.25, 0.3) is 0 Å².